The molecule has 2 aromatic heterocycles. The van der Waals surface area contributed by atoms with Gasteiger partial charge in [-0.25, -0.2) is 4.98 Å². The molecule has 0 saturated heterocycles. The van der Waals surface area contributed by atoms with Crippen LogP contribution in [-0.4, -0.2) is 24.1 Å². The van der Waals surface area contributed by atoms with Gasteiger partial charge in [0.25, 0.3) is 0 Å². The van der Waals surface area contributed by atoms with Crippen LogP contribution in [0.3, 0.4) is 0 Å². The molecule has 4 nitrogen and oxygen atoms in total. The van der Waals surface area contributed by atoms with E-state index in [1.807, 2.05) is 61.7 Å². The van der Waals surface area contributed by atoms with E-state index in [0.717, 1.165) is 23.6 Å². The number of anilines is 2. The van der Waals surface area contributed by atoms with E-state index < -0.39 is 0 Å². The maximum Gasteiger partial charge on any atom is 0.128 e. The summed E-state index contributed by atoms with van der Waals surface area (Å²) in [5.74, 6) is 0.954. The van der Waals surface area contributed by atoms with E-state index in [1.54, 1.807) is 0 Å². The number of aromatic nitrogens is 2. The number of benzene rings is 1. The van der Waals surface area contributed by atoms with E-state index in [0.29, 0.717) is 0 Å². The molecule has 1 aromatic carbocycles. The average Bonchev–Trinajstić information content (AvgIpc) is 2.53. The van der Waals surface area contributed by atoms with Crippen molar-refractivity contribution in [1.29, 1.82) is 0 Å². The van der Waals surface area contributed by atoms with Crippen LogP contribution in [0.4, 0.5) is 11.5 Å². The zero-order chi connectivity index (χ0) is 14.7. The minimum Gasteiger partial charge on any atom is -0.380 e. The number of fused-ring (bicyclic) bond motifs is 1. The summed E-state index contributed by atoms with van der Waals surface area (Å²) in [5.41, 5.74) is 3.27. The van der Waals surface area contributed by atoms with E-state index >= 15 is 0 Å². The predicted octanol–water partition coefficient (Wildman–Crippen LogP) is 3.31. The summed E-state index contributed by atoms with van der Waals surface area (Å²) in [6.45, 7) is 0.756. The number of hydrogen-bond donors (Lipinski definition) is 1. The normalized spacial score (nSPS) is 10.6. The van der Waals surface area contributed by atoms with Crippen molar-refractivity contribution in [3.8, 4) is 0 Å². The van der Waals surface area contributed by atoms with Crippen LogP contribution in [0.15, 0.2) is 54.9 Å². The zero-order valence-corrected chi connectivity index (χ0v) is 12.2. The highest BCUT2D eigenvalue weighted by Crippen LogP contribution is 2.18. The fraction of sp³-hybridized carbons (Fsp3) is 0.176. The van der Waals surface area contributed by atoms with E-state index in [-0.39, 0.29) is 0 Å². The molecule has 0 fully saturated rings. The van der Waals surface area contributed by atoms with Crippen molar-refractivity contribution >= 4 is 22.4 Å². The first-order chi connectivity index (χ1) is 10.2. The Morgan fingerprint density at radius 3 is 2.62 bits per heavy atom. The third-order valence-corrected chi connectivity index (χ3v) is 3.43. The van der Waals surface area contributed by atoms with Gasteiger partial charge >= 0.3 is 0 Å². The van der Waals surface area contributed by atoms with Gasteiger partial charge in [0.2, 0.25) is 0 Å². The van der Waals surface area contributed by atoms with Gasteiger partial charge in [-0.15, -0.1) is 0 Å². The molecular weight excluding hydrogens is 260 g/mol. The monoisotopic (exact) mass is 278 g/mol. The van der Waals surface area contributed by atoms with Crippen LogP contribution in [0.2, 0.25) is 0 Å². The second kappa shape index (κ2) is 5.79. The van der Waals surface area contributed by atoms with E-state index in [4.69, 9.17) is 0 Å². The standard InChI is InChI=1S/C17H18N4/c1-21(2)17-8-7-14(12-20-17)19-11-13-9-10-18-16-6-4-3-5-15(13)16/h3-10,12,19H,11H2,1-2H3. The van der Waals surface area contributed by atoms with Gasteiger partial charge < -0.3 is 10.2 Å². The number of para-hydroxylation sites is 1. The summed E-state index contributed by atoms with van der Waals surface area (Å²) in [5, 5.41) is 4.60. The molecule has 0 amide bonds. The molecule has 0 aliphatic carbocycles. The third-order valence-electron chi connectivity index (χ3n) is 3.43. The third kappa shape index (κ3) is 2.94. The molecular formula is C17H18N4. The lowest BCUT2D eigenvalue weighted by Crippen LogP contribution is -2.10. The molecule has 3 rings (SSSR count). The van der Waals surface area contributed by atoms with Crippen molar-refractivity contribution in [2.75, 3.05) is 24.3 Å². The van der Waals surface area contributed by atoms with E-state index in [9.17, 15) is 0 Å². The second-order valence-electron chi connectivity index (χ2n) is 5.14. The molecule has 0 atom stereocenters. The minimum atomic E-state index is 0.756. The van der Waals surface area contributed by atoms with Gasteiger partial charge in [0.05, 0.1) is 17.4 Å². The lowest BCUT2D eigenvalue weighted by Gasteiger charge is -2.12. The Balaban J connectivity index is 1.77. The van der Waals surface area contributed by atoms with Crippen molar-refractivity contribution < 1.29 is 0 Å². The largest absolute Gasteiger partial charge is 0.380 e. The summed E-state index contributed by atoms with van der Waals surface area (Å²) in [6.07, 6.45) is 3.71. The highest BCUT2D eigenvalue weighted by atomic mass is 15.1. The van der Waals surface area contributed by atoms with Crippen LogP contribution in [0, 0.1) is 0 Å². The van der Waals surface area contributed by atoms with Crippen molar-refractivity contribution in [3.63, 3.8) is 0 Å². The molecule has 4 heteroatoms. The van der Waals surface area contributed by atoms with Crippen LogP contribution in [-0.2, 0) is 6.54 Å². The molecule has 2 heterocycles. The molecule has 106 valence electrons. The van der Waals surface area contributed by atoms with Crippen LogP contribution >= 0.6 is 0 Å². The quantitative estimate of drug-likeness (QED) is 0.795. The van der Waals surface area contributed by atoms with E-state index in [1.165, 1.54) is 10.9 Å². The Morgan fingerprint density at radius 1 is 1.00 bits per heavy atom. The summed E-state index contributed by atoms with van der Waals surface area (Å²) in [6, 6.07) is 14.3. The van der Waals surface area contributed by atoms with Crippen molar-refractivity contribution in [2.24, 2.45) is 0 Å². The average molecular weight is 278 g/mol. The molecule has 21 heavy (non-hydrogen) atoms. The van der Waals surface area contributed by atoms with Gasteiger partial charge in [0.15, 0.2) is 0 Å². The zero-order valence-electron chi connectivity index (χ0n) is 12.2. The van der Waals surface area contributed by atoms with Crippen molar-refractivity contribution in [3.05, 3.63) is 60.4 Å². The minimum absolute atomic E-state index is 0.756. The van der Waals surface area contributed by atoms with Gasteiger partial charge in [-0.05, 0) is 29.8 Å². The van der Waals surface area contributed by atoms with Gasteiger partial charge in [0.1, 0.15) is 5.82 Å². The first-order valence-electron chi connectivity index (χ1n) is 6.94. The maximum atomic E-state index is 4.40. The Morgan fingerprint density at radius 2 is 1.86 bits per heavy atom. The van der Waals surface area contributed by atoms with Crippen LogP contribution in [0.5, 0.6) is 0 Å². The summed E-state index contributed by atoms with van der Waals surface area (Å²) in [7, 11) is 3.97. The second-order valence-corrected chi connectivity index (χ2v) is 5.14. The lowest BCUT2D eigenvalue weighted by atomic mass is 10.1. The first kappa shape index (κ1) is 13.4. The summed E-state index contributed by atoms with van der Waals surface area (Å²) < 4.78 is 0. The molecule has 0 bridgehead atoms. The maximum absolute atomic E-state index is 4.40. The highest BCUT2D eigenvalue weighted by molar-refractivity contribution is 5.82. The number of pyridine rings is 2. The van der Waals surface area contributed by atoms with Gasteiger partial charge in [-0.2, -0.15) is 0 Å². The Kier molecular flexibility index (Phi) is 3.69. The SMILES string of the molecule is CN(C)c1ccc(NCc2ccnc3ccccc23)cn1. The first-order valence-corrected chi connectivity index (χ1v) is 6.94. The van der Waals surface area contributed by atoms with Gasteiger partial charge in [-0.1, -0.05) is 18.2 Å². The highest BCUT2D eigenvalue weighted by Gasteiger charge is 2.02. The number of rotatable bonds is 4. The van der Waals surface area contributed by atoms with Crippen LogP contribution in [0.25, 0.3) is 10.9 Å². The van der Waals surface area contributed by atoms with Crippen molar-refractivity contribution in [2.45, 2.75) is 6.54 Å². The van der Waals surface area contributed by atoms with Crippen molar-refractivity contribution in [1.82, 2.24) is 9.97 Å². The molecule has 0 aliphatic heterocycles. The molecule has 3 aromatic rings. The van der Waals surface area contributed by atoms with Crippen LogP contribution < -0.4 is 10.2 Å². The number of hydrogen-bond acceptors (Lipinski definition) is 4. The molecule has 0 aliphatic rings. The lowest BCUT2D eigenvalue weighted by molar-refractivity contribution is 1.06. The number of nitrogens with one attached hydrogen (secondary N) is 1. The molecule has 0 spiro atoms. The smallest absolute Gasteiger partial charge is 0.128 e. The number of nitrogens with zero attached hydrogens (tertiary/aromatic N) is 3. The van der Waals surface area contributed by atoms with Crippen LogP contribution in [0.1, 0.15) is 5.56 Å². The topological polar surface area (TPSA) is 41.0 Å². The molecule has 1 N–H and O–H groups in total. The molecule has 0 saturated carbocycles. The predicted molar refractivity (Wildman–Crippen MR) is 87.6 cm³/mol. The van der Waals surface area contributed by atoms with E-state index in [2.05, 4.69) is 27.4 Å². The molecule has 0 unspecified atom stereocenters. The molecule has 0 radical (unpaired) electrons. The summed E-state index contributed by atoms with van der Waals surface area (Å²) >= 11 is 0. The van der Waals surface area contributed by atoms with Gasteiger partial charge in [0, 0.05) is 32.2 Å². The fourth-order valence-corrected chi connectivity index (χ4v) is 2.26. The van der Waals surface area contributed by atoms with Gasteiger partial charge in [-0.3, -0.25) is 4.98 Å². The fourth-order valence-electron chi connectivity index (χ4n) is 2.26. The summed E-state index contributed by atoms with van der Waals surface area (Å²) in [4.78, 5) is 10.8. The Bertz CT molecular complexity index is 730. The Labute approximate surface area is 124 Å². The Hall–Kier alpha value is -2.62.